The Bertz CT molecular complexity index is 832. The van der Waals surface area contributed by atoms with Crippen LogP contribution in [0.3, 0.4) is 0 Å². The highest BCUT2D eigenvalue weighted by atomic mass is 16.5. The molecule has 2 aromatic heterocycles. The quantitative estimate of drug-likeness (QED) is 0.794. The Labute approximate surface area is 138 Å². The summed E-state index contributed by atoms with van der Waals surface area (Å²) in [5, 5.41) is 3.20. The maximum Gasteiger partial charge on any atom is 0.328 e. The molecule has 126 valence electrons. The molecule has 2 saturated carbocycles. The van der Waals surface area contributed by atoms with Crippen LogP contribution in [-0.4, -0.2) is 20.6 Å². The maximum absolute atomic E-state index is 11.9. The van der Waals surface area contributed by atoms with Crippen molar-refractivity contribution in [1.82, 2.24) is 19.9 Å². The Morgan fingerprint density at radius 1 is 1.21 bits per heavy atom. The van der Waals surface area contributed by atoms with Crippen molar-refractivity contribution in [3.05, 3.63) is 56.6 Å². The lowest BCUT2D eigenvalue weighted by atomic mass is 10.3. The summed E-state index contributed by atoms with van der Waals surface area (Å²) < 4.78 is 7.29. The van der Waals surface area contributed by atoms with Crippen LogP contribution >= 0.6 is 0 Å². The standard InChI is InChI=1S/C17H20N4O3/c22-16-11(10-21(13-2-3-13)17(23)20-16)7-18-8-12-1-4-15(9-19-12)24-14-5-6-14/h1,4,9-10,13-14,18H,2-3,5-8H2,(H,20,22,23). The summed E-state index contributed by atoms with van der Waals surface area (Å²) in [5.74, 6) is 0.800. The van der Waals surface area contributed by atoms with E-state index >= 15 is 0 Å². The first-order chi connectivity index (χ1) is 11.7. The molecule has 0 aromatic carbocycles. The lowest BCUT2D eigenvalue weighted by molar-refractivity contribution is 0.302. The number of H-pyrrole nitrogens is 1. The van der Waals surface area contributed by atoms with E-state index in [1.165, 1.54) is 0 Å². The fourth-order valence-electron chi connectivity index (χ4n) is 2.57. The van der Waals surface area contributed by atoms with Gasteiger partial charge >= 0.3 is 5.69 Å². The van der Waals surface area contributed by atoms with Crippen LogP contribution < -0.4 is 21.3 Å². The zero-order valence-corrected chi connectivity index (χ0v) is 13.3. The molecule has 4 rings (SSSR count). The van der Waals surface area contributed by atoms with Crippen molar-refractivity contribution in [2.75, 3.05) is 0 Å². The lowest BCUT2D eigenvalue weighted by Gasteiger charge is -2.08. The van der Waals surface area contributed by atoms with Crippen LogP contribution in [0.1, 0.15) is 43.0 Å². The molecule has 0 bridgehead atoms. The van der Waals surface area contributed by atoms with Gasteiger partial charge in [-0.3, -0.25) is 19.3 Å². The van der Waals surface area contributed by atoms with Gasteiger partial charge in [-0.25, -0.2) is 4.79 Å². The molecule has 2 aliphatic carbocycles. The maximum atomic E-state index is 11.9. The molecule has 7 heteroatoms. The van der Waals surface area contributed by atoms with Crippen molar-refractivity contribution in [3.8, 4) is 5.75 Å². The molecule has 0 spiro atoms. The van der Waals surface area contributed by atoms with E-state index < -0.39 is 0 Å². The fourth-order valence-corrected chi connectivity index (χ4v) is 2.57. The van der Waals surface area contributed by atoms with Gasteiger partial charge in [0.15, 0.2) is 0 Å². The molecule has 0 radical (unpaired) electrons. The zero-order valence-electron chi connectivity index (χ0n) is 13.3. The minimum atomic E-state index is -0.328. The molecule has 2 aliphatic rings. The van der Waals surface area contributed by atoms with Crippen LogP contribution in [0.15, 0.2) is 34.1 Å². The second-order valence-electron chi connectivity index (χ2n) is 6.46. The van der Waals surface area contributed by atoms with Gasteiger partial charge in [-0.2, -0.15) is 0 Å². The van der Waals surface area contributed by atoms with Gasteiger partial charge < -0.3 is 10.1 Å². The molecule has 0 saturated heterocycles. The number of aromatic nitrogens is 3. The molecule has 0 aliphatic heterocycles. The van der Waals surface area contributed by atoms with Gasteiger partial charge in [0.05, 0.1) is 18.0 Å². The minimum absolute atomic E-state index is 0.244. The first-order valence-corrected chi connectivity index (χ1v) is 8.36. The monoisotopic (exact) mass is 328 g/mol. The highest BCUT2D eigenvalue weighted by Gasteiger charge is 2.25. The SMILES string of the molecule is O=c1[nH]c(=O)n(C2CC2)cc1CNCc1ccc(OC2CC2)cn1. The van der Waals surface area contributed by atoms with Gasteiger partial charge in [0.1, 0.15) is 5.75 Å². The van der Waals surface area contributed by atoms with Crippen LogP contribution in [-0.2, 0) is 13.1 Å². The summed E-state index contributed by atoms with van der Waals surface area (Å²) in [5.41, 5.74) is 0.796. The molecule has 2 heterocycles. The first-order valence-electron chi connectivity index (χ1n) is 8.36. The number of nitrogens with one attached hydrogen (secondary N) is 2. The number of aromatic amines is 1. The predicted molar refractivity (Wildman–Crippen MR) is 88.0 cm³/mol. The van der Waals surface area contributed by atoms with Crippen LogP contribution in [0.2, 0.25) is 0 Å². The summed E-state index contributed by atoms with van der Waals surface area (Å²) >= 11 is 0. The summed E-state index contributed by atoms with van der Waals surface area (Å²) in [7, 11) is 0. The van der Waals surface area contributed by atoms with Crippen molar-refractivity contribution >= 4 is 0 Å². The summed E-state index contributed by atoms with van der Waals surface area (Å²) in [6, 6.07) is 4.08. The van der Waals surface area contributed by atoms with E-state index in [9.17, 15) is 9.59 Å². The van der Waals surface area contributed by atoms with Gasteiger partial charge in [0, 0.05) is 30.9 Å². The largest absolute Gasteiger partial charge is 0.489 e. The Kier molecular flexibility index (Phi) is 3.93. The van der Waals surface area contributed by atoms with Gasteiger partial charge in [-0.05, 0) is 37.8 Å². The van der Waals surface area contributed by atoms with Crippen LogP contribution in [0.25, 0.3) is 0 Å². The number of nitrogens with zero attached hydrogens (tertiary/aromatic N) is 2. The molecule has 0 amide bonds. The Morgan fingerprint density at radius 2 is 2.04 bits per heavy atom. The van der Waals surface area contributed by atoms with Crippen LogP contribution in [0.5, 0.6) is 5.75 Å². The van der Waals surface area contributed by atoms with Crippen molar-refractivity contribution in [2.24, 2.45) is 0 Å². The smallest absolute Gasteiger partial charge is 0.328 e. The molecular formula is C17H20N4O3. The summed E-state index contributed by atoms with van der Waals surface area (Å²) in [6.07, 6.45) is 8.02. The van der Waals surface area contributed by atoms with Gasteiger partial charge in [0.25, 0.3) is 5.56 Å². The third kappa shape index (κ3) is 3.56. The third-order valence-electron chi connectivity index (χ3n) is 4.23. The first kappa shape index (κ1) is 15.1. The predicted octanol–water partition coefficient (Wildman–Crippen LogP) is 1.10. The molecular weight excluding hydrogens is 308 g/mol. The number of ether oxygens (including phenoxy) is 1. The highest BCUT2D eigenvalue weighted by molar-refractivity contribution is 5.20. The van der Waals surface area contributed by atoms with Crippen LogP contribution in [0.4, 0.5) is 0 Å². The normalized spacial score (nSPS) is 17.0. The summed E-state index contributed by atoms with van der Waals surface area (Å²) in [6.45, 7) is 0.941. The second-order valence-corrected chi connectivity index (χ2v) is 6.46. The molecule has 2 fully saturated rings. The molecule has 24 heavy (non-hydrogen) atoms. The third-order valence-corrected chi connectivity index (χ3v) is 4.23. The summed E-state index contributed by atoms with van der Waals surface area (Å²) in [4.78, 5) is 30.4. The van der Waals surface area contributed by atoms with Crippen molar-refractivity contribution in [3.63, 3.8) is 0 Å². The van der Waals surface area contributed by atoms with E-state index in [2.05, 4.69) is 15.3 Å². The molecule has 2 aromatic rings. The average molecular weight is 328 g/mol. The fraction of sp³-hybridized carbons (Fsp3) is 0.471. The molecule has 0 unspecified atom stereocenters. The number of hydrogen-bond acceptors (Lipinski definition) is 5. The van der Waals surface area contributed by atoms with Gasteiger partial charge in [-0.15, -0.1) is 0 Å². The van der Waals surface area contributed by atoms with Crippen LogP contribution in [0, 0.1) is 0 Å². The second kappa shape index (κ2) is 6.24. The van der Waals surface area contributed by atoms with E-state index in [0.717, 1.165) is 37.1 Å². The van der Waals surface area contributed by atoms with E-state index in [4.69, 9.17) is 4.74 Å². The van der Waals surface area contributed by atoms with Crippen molar-refractivity contribution in [2.45, 2.75) is 50.9 Å². The molecule has 2 N–H and O–H groups in total. The number of pyridine rings is 1. The minimum Gasteiger partial charge on any atom is -0.489 e. The van der Waals surface area contributed by atoms with E-state index in [1.807, 2.05) is 12.1 Å². The topological polar surface area (TPSA) is 89.0 Å². The van der Waals surface area contributed by atoms with E-state index in [1.54, 1.807) is 17.0 Å². The molecule has 0 atom stereocenters. The zero-order chi connectivity index (χ0) is 16.5. The van der Waals surface area contributed by atoms with Gasteiger partial charge in [0.2, 0.25) is 0 Å². The highest BCUT2D eigenvalue weighted by Crippen LogP contribution is 2.33. The van der Waals surface area contributed by atoms with Crippen molar-refractivity contribution < 1.29 is 4.74 Å². The number of rotatable bonds is 7. The molecule has 7 nitrogen and oxygen atoms in total. The van der Waals surface area contributed by atoms with E-state index in [-0.39, 0.29) is 17.3 Å². The Hall–Kier alpha value is -2.41. The van der Waals surface area contributed by atoms with Crippen molar-refractivity contribution in [1.29, 1.82) is 0 Å². The number of hydrogen-bond donors (Lipinski definition) is 2. The van der Waals surface area contributed by atoms with E-state index in [0.29, 0.717) is 24.8 Å². The lowest BCUT2D eigenvalue weighted by Crippen LogP contribution is -2.33. The Morgan fingerprint density at radius 3 is 2.71 bits per heavy atom. The Balaban J connectivity index is 1.35. The average Bonchev–Trinajstić information content (AvgIpc) is 3.45. The van der Waals surface area contributed by atoms with Gasteiger partial charge in [-0.1, -0.05) is 0 Å².